The van der Waals surface area contributed by atoms with Crippen molar-refractivity contribution in [3.63, 3.8) is 0 Å². The molecule has 0 aliphatic heterocycles. The Morgan fingerprint density at radius 1 is 0.875 bits per heavy atom. The number of ether oxygens (including phenoxy) is 3. The van der Waals surface area contributed by atoms with E-state index in [-0.39, 0.29) is 6.03 Å². The number of carbonyl (C=O) groups excluding carboxylic acids is 1. The van der Waals surface area contributed by atoms with Gasteiger partial charge in [0.2, 0.25) is 0 Å². The molecule has 24 heavy (non-hydrogen) atoms. The number of nitrogens with zero attached hydrogens (tertiary/aromatic N) is 1. The Morgan fingerprint density at radius 2 is 1.42 bits per heavy atom. The summed E-state index contributed by atoms with van der Waals surface area (Å²) < 4.78 is 16.2. The first-order valence-electron chi connectivity index (χ1n) is 7.15. The number of methoxy groups -OCH3 is 2. The van der Waals surface area contributed by atoms with Crippen LogP contribution in [-0.4, -0.2) is 39.5 Å². The van der Waals surface area contributed by atoms with Crippen LogP contribution in [0.25, 0.3) is 0 Å². The smallest absolute Gasteiger partial charge is 0.345 e. The van der Waals surface area contributed by atoms with Gasteiger partial charge in [0.15, 0.2) is 0 Å². The predicted octanol–water partition coefficient (Wildman–Crippen LogP) is 3.52. The maximum Gasteiger partial charge on any atom is 0.345 e. The second-order valence-electron chi connectivity index (χ2n) is 4.79. The number of hydroxylamine groups is 2. The Labute approximate surface area is 140 Å². The standard InChI is InChI=1S/C17H20N2O5/c1-19(23-4)17(20)18-12-5-7-13(8-6-12)24-16-10-14(21-2)9-15(11-16)22-3/h5-11H,1-4H3,(H,18,20). The largest absolute Gasteiger partial charge is 0.496 e. The highest BCUT2D eigenvalue weighted by Crippen LogP contribution is 2.31. The molecule has 0 spiro atoms. The number of amides is 2. The van der Waals surface area contributed by atoms with Gasteiger partial charge in [0, 0.05) is 30.9 Å². The molecule has 0 aliphatic carbocycles. The van der Waals surface area contributed by atoms with Crippen molar-refractivity contribution in [2.45, 2.75) is 0 Å². The van der Waals surface area contributed by atoms with E-state index in [4.69, 9.17) is 19.0 Å². The van der Waals surface area contributed by atoms with Crippen LogP contribution in [0.15, 0.2) is 42.5 Å². The summed E-state index contributed by atoms with van der Waals surface area (Å²) in [5.41, 5.74) is 0.625. The molecule has 0 aliphatic rings. The van der Waals surface area contributed by atoms with Crippen molar-refractivity contribution < 1.29 is 23.8 Å². The van der Waals surface area contributed by atoms with E-state index in [9.17, 15) is 4.79 Å². The van der Waals surface area contributed by atoms with Crippen LogP contribution < -0.4 is 19.5 Å². The molecule has 2 aromatic rings. The normalized spacial score (nSPS) is 10.0. The zero-order valence-electron chi connectivity index (χ0n) is 14.0. The number of hydrogen-bond donors (Lipinski definition) is 1. The third-order valence-electron chi connectivity index (χ3n) is 3.23. The molecule has 0 aromatic heterocycles. The van der Waals surface area contributed by atoms with E-state index in [0.29, 0.717) is 28.7 Å². The Balaban J connectivity index is 2.07. The van der Waals surface area contributed by atoms with Gasteiger partial charge >= 0.3 is 6.03 Å². The van der Waals surface area contributed by atoms with E-state index in [2.05, 4.69) is 5.32 Å². The first kappa shape index (κ1) is 17.4. The number of urea groups is 1. The van der Waals surface area contributed by atoms with E-state index in [1.54, 1.807) is 56.7 Å². The fraction of sp³-hybridized carbons (Fsp3) is 0.235. The summed E-state index contributed by atoms with van der Waals surface area (Å²) in [7, 11) is 6.09. The summed E-state index contributed by atoms with van der Waals surface area (Å²) in [6.07, 6.45) is 0. The van der Waals surface area contributed by atoms with Crippen molar-refractivity contribution in [1.29, 1.82) is 0 Å². The summed E-state index contributed by atoms with van der Waals surface area (Å²) in [5, 5.41) is 3.78. The minimum atomic E-state index is -0.372. The van der Waals surface area contributed by atoms with Gasteiger partial charge in [0.1, 0.15) is 23.0 Å². The summed E-state index contributed by atoms with van der Waals surface area (Å²) in [4.78, 5) is 16.5. The average Bonchev–Trinajstić information content (AvgIpc) is 2.62. The quantitative estimate of drug-likeness (QED) is 0.820. The lowest BCUT2D eigenvalue weighted by Gasteiger charge is -2.15. The van der Waals surface area contributed by atoms with Crippen LogP contribution in [0.2, 0.25) is 0 Å². The summed E-state index contributed by atoms with van der Waals surface area (Å²) in [6.45, 7) is 0. The molecular formula is C17H20N2O5. The van der Waals surface area contributed by atoms with Crippen LogP contribution in [0.1, 0.15) is 0 Å². The molecular weight excluding hydrogens is 312 g/mol. The molecule has 0 saturated carbocycles. The molecule has 2 aromatic carbocycles. The van der Waals surface area contributed by atoms with Crippen molar-refractivity contribution in [1.82, 2.24) is 5.06 Å². The van der Waals surface area contributed by atoms with Crippen molar-refractivity contribution in [2.24, 2.45) is 0 Å². The molecule has 0 atom stereocenters. The highest BCUT2D eigenvalue weighted by molar-refractivity contribution is 5.88. The van der Waals surface area contributed by atoms with E-state index in [0.717, 1.165) is 5.06 Å². The van der Waals surface area contributed by atoms with Gasteiger partial charge in [-0.1, -0.05) is 0 Å². The van der Waals surface area contributed by atoms with Gasteiger partial charge in [-0.15, -0.1) is 0 Å². The van der Waals surface area contributed by atoms with Gasteiger partial charge in [0.25, 0.3) is 0 Å². The van der Waals surface area contributed by atoms with Crippen molar-refractivity contribution in [2.75, 3.05) is 33.7 Å². The van der Waals surface area contributed by atoms with Gasteiger partial charge in [0.05, 0.1) is 21.3 Å². The van der Waals surface area contributed by atoms with Crippen LogP contribution in [-0.2, 0) is 4.84 Å². The summed E-state index contributed by atoms with van der Waals surface area (Å²) in [5.74, 6) is 2.47. The van der Waals surface area contributed by atoms with Crippen molar-refractivity contribution in [3.05, 3.63) is 42.5 Å². The second kappa shape index (κ2) is 8.07. The SMILES string of the molecule is COc1cc(OC)cc(Oc2ccc(NC(=O)N(C)OC)cc2)c1. The molecule has 2 amide bonds. The Hall–Kier alpha value is -2.93. The number of nitrogens with one attached hydrogen (secondary N) is 1. The van der Waals surface area contributed by atoms with Crippen molar-refractivity contribution >= 4 is 11.7 Å². The number of carbonyl (C=O) groups is 1. The Morgan fingerprint density at radius 3 is 1.92 bits per heavy atom. The molecule has 0 saturated heterocycles. The molecule has 0 fully saturated rings. The predicted molar refractivity (Wildman–Crippen MR) is 89.9 cm³/mol. The molecule has 0 heterocycles. The molecule has 0 unspecified atom stereocenters. The van der Waals surface area contributed by atoms with Crippen LogP contribution in [0.5, 0.6) is 23.0 Å². The fourth-order valence-corrected chi connectivity index (χ4v) is 1.87. The Kier molecular flexibility index (Phi) is 5.86. The molecule has 2 rings (SSSR count). The third-order valence-corrected chi connectivity index (χ3v) is 3.23. The first-order chi connectivity index (χ1) is 11.5. The van der Waals surface area contributed by atoms with Gasteiger partial charge in [-0.25, -0.2) is 9.86 Å². The fourth-order valence-electron chi connectivity index (χ4n) is 1.87. The summed E-state index contributed by atoms with van der Waals surface area (Å²) >= 11 is 0. The molecule has 1 N–H and O–H groups in total. The zero-order valence-corrected chi connectivity index (χ0v) is 14.0. The second-order valence-corrected chi connectivity index (χ2v) is 4.79. The number of rotatable bonds is 6. The molecule has 0 bridgehead atoms. The van der Waals surface area contributed by atoms with Crippen LogP contribution >= 0.6 is 0 Å². The lowest BCUT2D eigenvalue weighted by atomic mass is 10.3. The molecule has 0 radical (unpaired) electrons. The van der Waals surface area contributed by atoms with Gasteiger partial charge in [-0.05, 0) is 24.3 Å². The van der Waals surface area contributed by atoms with E-state index < -0.39 is 0 Å². The number of benzene rings is 2. The van der Waals surface area contributed by atoms with Gasteiger partial charge in [-0.2, -0.15) is 0 Å². The average molecular weight is 332 g/mol. The third kappa shape index (κ3) is 4.53. The monoisotopic (exact) mass is 332 g/mol. The minimum Gasteiger partial charge on any atom is -0.496 e. The highest BCUT2D eigenvalue weighted by Gasteiger charge is 2.08. The van der Waals surface area contributed by atoms with E-state index in [1.165, 1.54) is 14.2 Å². The molecule has 7 heteroatoms. The molecule has 7 nitrogen and oxygen atoms in total. The van der Waals surface area contributed by atoms with E-state index in [1.807, 2.05) is 0 Å². The lowest BCUT2D eigenvalue weighted by molar-refractivity contribution is -0.0598. The van der Waals surface area contributed by atoms with Crippen LogP contribution in [0.4, 0.5) is 10.5 Å². The van der Waals surface area contributed by atoms with Crippen LogP contribution in [0.3, 0.4) is 0 Å². The van der Waals surface area contributed by atoms with Crippen LogP contribution in [0, 0.1) is 0 Å². The maximum atomic E-state index is 11.7. The van der Waals surface area contributed by atoms with E-state index >= 15 is 0 Å². The molecule has 128 valence electrons. The minimum absolute atomic E-state index is 0.372. The van der Waals surface area contributed by atoms with Crippen molar-refractivity contribution in [3.8, 4) is 23.0 Å². The van der Waals surface area contributed by atoms with Gasteiger partial charge in [-0.3, -0.25) is 4.84 Å². The number of anilines is 1. The highest BCUT2D eigenvalue weighted by atomic mass is 16.7. The Bertz CT molecular complexity index is 666. The first-order valence-corrected chi connectivity index (χ1v) is 7.15. The van der Waals surface area contributed by atoms with Gasteiger partial charge < -0.3 is 19.5 Å². The summed E-state index contributed by atoms with van der Waals surface area (Å²) in [6, 6.07) is 11.9. The zero-order chi connectivity index (χ0) is 17.5. The number of hydrogen-bond acceptors (Lipinski definition) is 5. The topological polar surface area (TPSA) is 69.3 Å². The maximum absolute atomic E-state index is 11.7. The lowest BCUT2D eigenvalue weighted by Crippen LogP contribution is -2.30.